The molecule has 0 radical (unpaired) electrons. The summed E-state index contributed by atoms with van der Waals surface area (Å²) in [7, 11) is 0. The normalized spacial score (nSPS) is 26.9. The van der Waals surface area contributed by atoms with Crippen molar-refractivity contribution in [2.24, 2.45) is 5.92 Å². The maximum absolute atomic E-state index is 12.1. The Bertz CT molecular complexity index is 335. The van der Waals surface area contributed by atoms with Crippen molar-refractivity contribution in [3.8, 4) is 0 Å². The fourth-order valence-electron chi connectivity index (χ4n) is 2.94. The van der Waals surface area contributed by atoms with Gasteiger partial charge in [-0.15, -0.1) is 0 Å². The minimum Gasteiger partial charge on any atom is -0.444 e. The Hall–Kier alpha value is -0.810. The van der Waals surface area contributed by atoms with Crippen molar-refractivity contribution in [2.75, 3.05) is 32.8 Å². The number of piperidine rings is 1. The molecule has 2 heterocycles. The molecule has 0 saturated carbocycles. The Kier molecular flexibility index (Phi) is 5.88. The molecular weight excluding hydrogens is 268 g/mol. The summed E-state index contributed by atoms with van der Waals surface area (Å²) < 4.78 is 10.9. The molecule has 0 aromatic heterocycles. The van der Waals surface area contributed by atoms with Crippen LogP contribution < -0.4 is 5.32 Å². The van der Waals surface area contributed by atoms with Crippen molar-refractivity contribution in [2.45, 2.75) is 58.1 Å². The number of ether oxygens (including phenoxy) is 2. The second kappa shape index (κ2) is 7.45. The minimum absolute atomic E-state index is 0.182. The molecule has 122 valence electrons. The summed E-state index contributed by atoms with van der Waals surface area (Å²) in [6.45, 7) is 10.1. The molecule has 2 saturated heterocycles. The zero-order valence-corrected chi connectivity index (χ0v) is 13.7. The van der Waals surface area contributed by atoms with Gasteiger partial charge in [-0.2, -0.15) is 0 Å². The Morgan fingerprint density at radius 1 is 1.38 bits per heavy atom. The van der Waals surface area contributed by atoms with Crippen LogP contribution in [0.15, 0.2) is 0 Å². The lowest BCUT2D eigenvalue weighted by Crippen LogP contribution is -2.49. The molecule has 2 atom stereocenters. The quantitative estimate of drug-likeness (QED) is 0.866. The summed E-state index contributed by atoms with van der Waals surface area (Å²) in [4.78, 5) is 13.9. The maximum Gasteiger partial charge on any atom is 0.410 e. The van der Waals surface area contributed by atoms with Gasteiger partial charge in [0.1, 0.15) is 5.60 Å². The van der Waals surface area contributed by atoms with E-state index in [1.54, 1.807) is 0 Å². The number of carbonyl (C=O) groups is 1. The van der Waals surface area contributed by atoms with Crippen LogP contribution in [-0.2, 0) is 9.47 Å². The van der Waals surface area contributed by atoms with Gasteiger partial charge in [-0.1, -0.05) is 0 Å². The summed E-state index contributed by atoms with van der Waals surface area (Å²) in [5.41, 5.74) is -0.417. The zero-order valence-electron chi connectivity index (χ0n) is 13.7. The highest BCUT2D eigenvalue weighted by Crippen LogP contribution is 2.17. The molecule has 0 bridgehead atoms. The summed E-state index contributed by atoms with van der Waals surface area (Å²) >= 11 is 0. The van der Waals surface area contributed by atoms with Gasteiger partial charge in [-0.3, -0.25) is 0 Å². The largest absolute Gasteiger partial charge is 0.444 e. The molecule has 21 heavy (non-hydrogen) atoms. The Morgan fingerprint density at radius 3 is 2.86 bits per heavy atom. The molecule has 5 nitrogen and oxygen atoms in total. The number of rotatable bonds is 4. The van der Waals surface area contributed by atoms with Crippen molar-refractivity contribution >= 4 is 6.09 Å². The van der Waals surface area contributed by atoms with Crippen molar-refractivity contribution in [1.29, 1.82) is 0 Å². The lowest BCUT2D eigenvalue weighted by molar-refractivity contribution is 0.0187. The van der Waals surface area contributed by atoms with E-state index in [9.17, 15) is 4.79 Å². The smallest absolute Gasteiger partial charge is 0.410 e. The van der Waals surface area contributed by atoms with E-state index in [2.05, 4.69) is 5.32 Å². The molecule has 1 N–H and O–H groups in total. The number of nitrogens with one attached hydrogen (secondary N) is 1. The van der Waals surface area contributed by atoms with Crippen LogP contribution in [0.5, 0.6) is 0 Å². The van der Waals surface area contributed by atoms with Crippen LogP contribution in [0.1, 0.15) is 46.5 Å². The van der Waals surface area contributed by atoms with Gasteiger partial charge in [-0.05, 0) is 58.9 Å². The van der Waals surface area contributed by atoms with Gasteiger partial charge in [0.05, 0.1) is 0 Å². The number of hydrogen-bond acceptors (Lipinski definition) is 4. The number of nitrogens with zero attached hydrogens (tertiary/aromatic N) is 1. The van der Waals surface area contributed by atoms with Crippen LogP contribution in [0.4, 0.5) is 4.79 Å². The topological polar surface area (TPSA) is 50.8 Å². The number of likely N-dealkylation sites (tertiary alicyclic amines) is 1. The first-order valence-corrected chi connectivity index (χ1v) is 8.23. The molecule has 2 aliphatic rings. The van der Waals surface area contributed by atoms with Crippen molar-refractivity contribution in [3.63, 3.8) is 0 Å². The first-order valence-electron chi connectivity index (χ1n) is 8.23. The van der Waals surface area contributed by atoms with Crippen molar-refractivity contribution in [1.82, 2.24) is 10.2 Å². The van der Waals surface area contributed by atoms with Crippen molar-refractivity contribution in [3.05, 3.63) is 0 Å². The fourth-order valence-corrected chi connectivity index (χ4v) is 2.94. The first-order chi connectivity index (χ1) is 9.94. The molecule has 5 heteroatoms. The second-order valence-corrected chi connectivity index (χ2v) is 7.24. The van der Waals surface area contributed by atoms with Gasteiger partial charge >= 0.3 is 6.09 Å². The number of carbonyl (C=O) groups excluding carboxylic acids is 1. The van der Waals surface area contributed by atoms with Gasteiger partial charge < -0.3 is 19.7 Å². The monoisotopic (exact) mass is 298 g/mol. The number of hydrogen-bond donors (Lipinski definition) is 1. The van der Waals surface area contributed by atoms with Crippen LogP contribution >= 0.6 is 0 Å². The van der Waals surface area contributed by atoms with E-state index in [0.717, 1.165) is 45.7 Å². The Balaban J connectivity index is 1.68. The van der Waals surface area contributed by atoms with E-state index in [1.165, 1.54) is 12.8 Å². The lowest BCUT2D eigenvalue weighted by Gasteiger charge is -2.34. The Labute approximate surface area is 128 Å². The van der Waals surface area contributed by atoms with Crippen LogP contribution in [0.25, 0.3) is 0 Å². The van der Waals surface area contributed by atoms with E-state index < -0.39 is 5.60 Å². The molecule has 2 aliphatic heterocycles. The summed E-state index contributed by atoms with van der Waals surface area (Å²) in [5.74, 6) is 0.711. The lowest BCUT2D eigenvalue weighted by atomic mass is 10.0. The van der Waals surface area contributed by atoms with E-state index in [4.69, 9.17) is 9.47 Å². The fraction of sp³-hybridized carbons (Fsp3) is 0.938. The highest BCUT2D eigenvalue weighted by atomic mass is 16.6. The minimum atomic E-state index is -0.417. The van der Waals surface area contributed by atoms with Crippen LogP contribution in [0.3, 0.4) is 0 Å². The third-order valence-electron chi connectivity index (χ3n) is 4.08. The van der Waals surface area contributed by atoms with Gasteiger partial charge in [0.15, 0.2) is 0 Å². The summed E-state index contributed by atoms with van der Waals surface area (Å²) in [6, 6.07) is 0.397. The average molecular weight is 298 g/mol. The van der Waals surface area contributed by atoms with Gasteiger partial charge in [0.2, 0.25) is 0 Å². The van der Waals surface area contributed by atoms with E-state index in [0.29, 0.717) is 12.0 Å². The summed E-state index contributed by atoms with van der Waals surface area (Å²) in [6.07, 6.45) is 4.36. The first kappa shape index (κ1) is 16.6. The van der Waals surface area contributed by atoms with Crippen molar-refractivity contribution < 1.29 is 14.3 Å². The predicted molar refractivity (Wildman–Crippen MR) is 82.4 cm³/mol. The summed E-state index contributed by atoms with van der Waals surface area (Å²) in [5, 5.41) is 3.59. The molecular formula is C16H30N2O3. The zero-order chi connectivity index (χ0) is 15.3. The molecule has 1 amide bonds. The third kappa shape index (κ3) is 5.83. The van der Waals surface area contributed by atoms with Crippen LogP contribution in [0.2, 0.25) is 0 Å². The van der Waals surface area contributed by atoms with Gasteiger partial charge in [-0.25, -0.2) is 4.79 Å². The number of amides is 1. The highest BCUT2D eigenvalue weighted by molar-refractivity contribution is 5.68. The second-order valence-electron chi connectivity index (χ2n) is 7.24. The van der Waals surface area contributed by atoms with E-state index >= 15 is 0 Å². The predicted octanol–water partition coefficient (Wildman–Crippen LogP) is 2.40. The average Bonchev–Trinajstić information content (AvgIpc) is 2.90. The maximum atomic E-state index is 12.1. The molecule has 0 aromatic carbocycles. The third-order valence-corrected chi connectivity index (χ3v) is 4.08. The molecule has 2 unspecified atom stereocenters. The van der Waals surface area contributed by atoms with Gasteiger partial charge in [0, 0.05) is 32.3 Å². The van der Waals surface area contributed by atoms with Crippen LogP contribution in [-0.4, -0.2) is 55.5 Å². The molecule has 0 aromatic rings. The molecule has 2 rings (SSSR count). The standard InChI is InChI=1S/C16H30N2O3/c1-16(2,3)21-15(19)18-9-4-5-14(11-18)17-8-6-13-7-10-20-12-13/h13-14,17H,4-12H2,1-3H3. The SMILES string of the molecule is CC(C)(C)OC(=O)N1CCCC(NCCC2CCOC2)C1. The Morgan fingerprint density at radius 2 is 2.19 bits per heavy atom. The highest BCUT2D eigenvalue weighted by Gasteiger charge is 2.27. The van der Waals surface area contributed by atoms with E-state index in [-0.39, 0.29) is 6.09 Å². The molecule has 2 fully saturated rings. The molecule has 0 spiro atoms. The van der Waals surface area contributed by atoms with Gasteiger partial charge in [0.25, 0.3) is 0 Å². The van der Waals surface area contributed by atoms with Crippen LogP contribution in [0, 0.1) is 5.92 Å². The molecule has 0 aliphatic carbocycles. The van der Waals surface area contributed by atoms with E-state index in [1.807, 2.05) is 25.7 Å².